The van der Waals surface area contributed by atoms with Crippen LogP contribution in [-0.2, 0) is 0 Å². The van der Waals surface area contributed by atoms with E-state index in [1.165, 1.54) is 31.6 Å². The Labute approximate surface area is 108 Å². The summed E-state index contributed by atoms with van der Waals surface area (Å²) in [4.78, 5) is 13.7. The van der Waals surface area contributed by atoms with E-state index in [1.54, 1.807) is 6.92 Å². The molecule has 1 N–H and O–H groups in total. The molecule has 1 aromatic carbocycles. The van der Waals surface area contributed by atoms with Gasteiger partial charge in [-0.3, -0.25) is 4.79 Å². The summed E-state index contributed by atoms with van der Waals surface area (Å²) >= 11 is 0. The number of carbonyl (C=O) groups is 1. The molecule has 0 saturated carbocycles. The Balaban J connectivity index is 1.67. The molecule has 2 aliphatic heterocycles. The lowest BCUT2D eigenvalue weighted by Crippen LogP contribution is -2.58. The molecule has 3 rings (SSSR count). The number of nitrogens with one attached hydrogen (secondary N) is 1. The van der Waals surface area contributed by atoms with Crippen LogP contribution in [0.5, 0.6) is 0 Å². The van der Waals surface area contributed by atoms with E-state index in [4.69, 9.17) is 0 Å². The molecule has 1 spiro atoms. The lowest BCUT2D eigenvalue weighted by Gasteiger charge is -2.49. The van der Waals surface area contributed by atoms with Crippen LogP contribution in [0.4, 0.5) is 5.69 Å². The van der Waals surface area contributed by atoms with Crippen molar-refractivity contribution in [2.75, 3.05) is 31.1 Å². The van der Waals surface area contributed by atoms with Crippen molar-refractivity contribution in [1.82, 2.24) is 5.32 Å². The van der Waals surface area contributed by atoms with Crippen LogP contribution in [0.3, 0.4) is 0 Å². The van der Waals surface area contributed by atoms with E-state index in [2.05, 4.69) is 22.3 Å². The maximum absolute atomic E-state index is 11.2. The predicted octanol–water partition coefficient (Wildman–Crippen LogP) is 2.08. The summed E-state index contributed by atoms with van der Waals surface area (Å²) in [6.45, 7) is 6.29. The summed E-state index contributed by atoms with van der Waals surface area (Å²) in [5.74, 6) is 0.139. The lowest BCUT2D eigenvalue weighted by molar-refractivity contribution is 0.101. The van der Waals surface area contributed by atoms with Crippen molar-refractivity contribution in [3.8, 4) is 0 Å². The van der Waals surface area contributed by atoms with Gasteiger partial charge in [0.15, 0.2) is 5.78 Å². The Hall–Kier alpha value is -1.35. The van der Waals surface area contributed by atoms with Crippen LogP contribution in [0, 0.1) is 5.41 Å². The van der Waals surface area contributed by atoms with Crippen molar-refractivity contribution in [2.24, 2.45) is 5.41 Å². The minimum absolute atomic E-state index is 0.139. The molecule has 3 heteroatoms. The molecule has 3 nitrogen and oxygen atoms in total. The summed E-state index contributed by atoms with van der Waals surface area (Å²) in [5, 5.41) is 3.39. The highest BCUT2D eigenvalue weighted by atomic mass is 16.1. The average molecular weight is 244 g/mol. The fraction of sp³-hybridized carbons (Fsp3) is 0.533. The number of Topliss-reactive ketones (excluding diaryl/α,β-unsaturated/α-hetero) is 1. The minimum Gasteiger partial charge on any atom is -0.371 e. The van der Waals surface area contributed by atoms with Crippen LogP contribution in [0.25, 0.3) is 0 Å². The molecule has 0 amide bonds. The fourth-order valence-corrected chi connectivity index (χ4v) is 2.98. The second kappa shape index (κ2) is 4.39. The number of ketones is 1. The van der Waals surface area contributed by atoms with Gasteiger partial charge in [0, 0.05) is 37.4 Å². The highest BCUT2D eigenvalue weighted by Crippen LogP contribution is 2.36. The van der Waals surface area contributed by atoms with Crippen molar-refractivity contribution < 1.29 is 4.79 Å². The van der Waals surface area contributed by atoms with Crippen molar-refractivity contribution in [2.45, 2.75) is 19.8 Å². The first-order valence-corrected chi connectivity index (χ1v) is 6.75. The Morgan fingerprint density at radius 3 is 2.22 bits per heavy atom. The molecule has 2 aliphatic rings. The number of hydrogen-bond acceptors (Lipinski definition) is 3. The molecule has 1 aromatic rings. The fourth-order valence-electron chi connectivity index (χ4n) is 2.98. The van der Waals surface area contributed by atoms with E-state index in [0.29, 0.717) is 5.41 Å². The first-order chi connectivity index (χ1) is 8.69. The van der Waals surface area contributed by atoms with Gasteiger partial charge >= 0.3 is 0 Å². The third-order valence-electron chi connectivity index (χ3n) is 4.46. The number of rotatable bonds is 2. The van der Waals surface area contributed by atoms with Gasteiger partial charge in [0.05, 0.1) is 0 Å². The second-order valence-corrected chi connectivity index (χ2v) is 5.69. The summed E-state index contributed by atoms with van der Waals surface area (Å²) < 4.78 is 0. The minimum atomic E-state index is 0.139. The largest absolute Gasteiger partial charge is 0.371 e. The summed E-state index contributed by atoms with van der Waals surface area (Å²) in [7, 11) is 0. The molecule has 0 unspecified atom stereocenters. The zero-order valence-electron chi connectivity index (χ0n) is 10.9. The average Bonchev–Trinajstić information content (AvgIpc) is 2.37. The van der Waals surface area contributed by atoms with Gasteiger partial charge in [-0.2, -0.15) is 0 Å². The number of anilines is 1. The number of nitrogens with zero attached hydrogens (tertiary/aromatic N) is 1. The molecular weight excluding hydrogens is 224 g/mol. The predicted molar refractivity (Wildman–Crippen MR) is 73.2 cm³/mol. The summed E-state index contributed by atoms with van der Waals surface area (Å²) in [6.07, 6.45) is 2.57. The quantitative estimate of drug-likeness (QED) is 0.808. The lowest BCUT2D eigenvalue weighted by atomic mass is 9.73. The van der Waals surface area contributed by atoms with Gasteiger partial charge in [-0.1, -0.05) is 0 Å². The van der Waals surface area contributed by atoms with Crippen LogP contribution >= 0.6 is 0 Å². The first kappa shape index (κ1) is 11.7. The van der Waals surface area contributed by atoms with Crippen LogP contribution in [-0.4, -0.2) is 32.0 Å². The Kier molecular flexibility index (Phi) is 2.86. The van der Waals surface area contributed by atoms with Gasteiger partial charge in [-0.15, -0.1) is 0 Å². The van der Waals surface area contributed by atoms with E-state index in [-0.39, 0.29) is 5.78 Å². The van der Waals surface area contributed by atoms with E-state index in [1.807, 2.05) is 12.1 Å². The van der Waals surface area contributed by atoms with E-state index in [9.17, 15) is 4.79 Å². The van der Waals surface area contributed by atoms with Gasteiger partial charge in [-0.25, -0.2) is 0 Å². The van der Waals surface area contributed by atoms with Crippen molar-refractivity contribution in [1.29, 1.82) is 0 Å². The molecule has 0 atom stereocenters. The maximum atomic E-state index is 11.2. The number of benzene rings is 1. The van der Waals surface area contributed by atoms with Crippen LogP contribution in [0.2, 0.25) is 0 Å². The van der Waals surface area contributed by atoms with E-state index < -0.39 is 0 Å². The van der Waals surface area contributed by atoms with Crippen LogP contribution < -0.4 is 10.2 Å². The highest BCUT2D eigenvalue weighted by molar-refractivity contribution is 5.94. The van der Waals surface area contributed by atoms with Gasteiger partial charge in [0.25, 0.3) is 0 Å². The Morgan fingerprint density at radius 1 is 1.17 bits per heavy atom. The van der Waals surface area contributed by atoms with Gasteiger partial charge in [0.2, 0.25) is 0 Å². The van der Waals surface area contributed by atoms with Crippen molar-refractivity contribution >= 4 is 11.5 Å². The number of carbonyl (C=O) groups excluding carboxylic acids is 1. The van der Waals surface area contributed by atoms with Crippen molar-refractivity contribution in [3.05, 3.63) is 29.8 Å². The van der Waals surface area contributed by atoms with E-state index >= 15 is 0 Å². The van der Waals surface area contributed by atoms with Gasteiger partial charge < -0.3 is 10.2 Å². The molecule has 0 aliphatic carbocycles. The number of piperidine rings is 1. The monoisotopic (exact) mass is 244 g/mol. The van der Waals surface area contributed by atoms with Gasteiger partial charge in [0.1, 0.15) is 0 Å². The Bertz CT molecular complexity index is 438. The molecule has 2 fully saturated rings. The molecule has 0 radical (unpaired) electrons. The van der Waals surface area contributed by atoms with Crippen LogP contribution in [0.15, 0.2) is 24.3 Å². The third kappa shape index (κ3) is 2.03. The standard InChI is InChI=1S/C15H20N2O/c1-12(18)13-2-4-14(5-3-13)17-8-6-15(7-9-17)10-16-11-15/h2-5,16H,6-11H2,1H3. The smallest absolute Gasteiger partial charge is 0.159 e. The van der Waals surface area contributed by atoms with Crippen molar-refractivity contribution in [3.63, 3.8) is 0 Å². The molecular formula is C15H20N2O. The molecule has 2 saturated heterocycles. The maximum Gasteiger partial charge on any atom is 0.159 e. The molecule has 96 valence electrons. The second-order valence-electron chi connectivity index (χ2n) is 5.69. The first-order valence-electron chi connectivity index (χ1n) is 6.75. The SMILES string of the molecule is CC(=O)c1ccc(N2CCC3(CC2)CNC3)cc1. The Morgan fingerprint density at radius 2 is 1.78 bits per heavy atom. The summed E-state index contributed by atoms with van der Waals surface area (Å²) in [5.41, 5.74) is 2.65. The van der Waals surface area contributed by atoms with Gasteiger partial charge in [-0.05, 0) is 49.4 Å². The third-order valence-corrected chi connectivity index (χ3v) is 4.46. The van der Waals surface area contributed by atoms with E-state index in [0.717, 1.165) is 18.7 Å². The molecule has 2 heterocycles. The number of hydrogen-bond donors (Lipinski definition) is 1. The zero-order chi connectivity index (χ0) is 12.6. The van der Waals surface area contributed by atoms with Crippen LogP contribution in [0.1, 0.15) is 30.1 Å². The topological polar surface area (TPSA) is 32.3 Å². The normalized spacial score (nSPS) is 21.7. The zero-order valence-corrected chi connectivity index (χ0v) is 10.9. The molecule has 0 bridgehead atoms. The summed E-state index contributed by atoms with van der Waals surface area (Å²) in [6, 6.07) is 8.03. The highest BCUT2D eigenvalue weighted by Gasteiger charge is 2.39. The molecule has 18 heavy (non-hydrogen) atoms. The molecule has 0 aromatic heterocycles.